The summed E-state index contributed by atoms with van der Waals surface area (Å²) < 4.78 is 0. The summed E-state index contributed by atoms with van der Waals surface area (Å²) in [5.74, 6) is 6.57. The molecule has 0 radical (unpaired) electrons. The third-order valence-electron chi connectivity index (χ3n) is 3.23. The number of rotatable bonds is 5. The lowest BCUT2D eigenvalue weighted by molar-refractivity contribution is 0.0947. The Bertz CT molecular complexity index is 403. The van der Waals surface area contributed by atoms with Crippen LogP contribution < -0.4 is 16.6 Å². The third kappa shape index (κ3) is 2.94. The van der Waals surface area contributed by atoms with Crippen LogP contribution in [-0.4, -0.2) is 17.4 Å². The number of pyridine rings is 1. The molecule has 1 unspecified atom stereocenters. The summed E-state index contributed by atoms with van der Waals surface area (Å²) in [6.45, 7) is 2.89. The van der Waals surface area contributed by atoms with Crippen molar-refractivity contribution in [3.63, 3.8) is 0 Å². The number of nitrogen functional groups attached to an aromatic ring is 1. The van der Waals surface area contributed by atoms with Crippen molar-refractivity contribution in [3.05, 3.63) is 24.0 Å². The van der Waals surface area contributed by atoms with Crippen LogP contribution in [0.25, 0.3) is 0 Å². The van der Waals surface area contributed by atoms with Crippen LogP contribution in [0.1, 0.15) is 30.1 Å². The summed E-state index contributed by atoms with van der Waals surface area (Å²) in [4.78, 5) is 15.8. The number of aromatic nitrogens is 1. The molecule has 2 rings (SSSR count). The highest BCUT2D eigenvalue weighted by molar-refractivity contribution is 5.99. The highest BCUT2D eigenvalue weighted by Crippen LogP contribution is 2.36. The van der Waals surface area contributed by atoms with Crippen molar-refractivity contribution in [2.75, 3.05) is 12.0 Å². The van der Waals surface area contributed by atoms with Crippen molar-refractivity contribution >= 4 is 11.6 Å². The van der Waals surface area contributed by atoms with E-state index in [2.05, 4.69) is 22.7 Å². The van der Waals surface area contributed by atoms with Gasteiger partial charge in [-0.25, -0.2) is 0 Å². The maximum absolute atomic E-state index is 11.9. The number of carbonyl (C=O) groups is 1. The summed E-state index contributed by atoms with van der Waals surface area (Å²) in [7, 11) is 0. The van der Waals surface area contributed by atoms with Crippen molar-refractivity contribution in [3.8, 4) is 0 Å². The molecule has 0 spiro atoms. The Balaban J connectivity index is 1.94. The van der Waals surface area contributed by atoms with Gasteiger partial charge in [-0.05, 0) is 30.7 Å². The quantitative estimate of drug-likeness (QED) is 0.527. The Kier molecular flexibility index (Phi) is 3.58. The fourth-order valence-electron chi connectivity index (χ4n) is 1.89. The zero-order valence-corrected chi connectivity index (χ0v) is 9.94. The molecular weight excluding hydrogens is 216 g/mol. The molecule has 1 fully saturated rings. The Morgan fingerprint density at radius 1 is 1.65 bits per heavy atom. The van der Waals surface area contributed by atoms with Gasteiger partial charge >= 0.3 is 0 Å². The Morgan fingerprint density at radius 2 is 2.41 bits per heavy atom. The van der Waals surface area contributed by atoms with Gasteiger partial charge in [0.25, 0.3) is 5.91 Å². The molecule has 1 aliphatic carbocycles. The van der Waals surface area contributed by atoms with Gasteiger partial charge in [0.1, 0.15) is 0 Å². The molecule has 1 saturated carbocycles. The Morgan fingerprint density at radius 3 is 3.06 bits per heavy atom. The van der Waals surface area contributed by atoms with E-state index in [1.54, 1.807) is 18.5 Å². The molecule has 4 N–H and O–H groups in total. The zero-order valence-electron chi connectivity index (χ0n) is 9.94. The van der Waals surface area contributed by atoms with Gasteiger partial charge in [0.05, 0.1) is 17.4 Å². The molecule has 1 heterocycles. The van der Waals surface area contributed by atoms with Crippen LogP contribution in [0.15, 0.2) is 18.5 Å². The lowest BCUT2D eigenvalue weighted by atomic mass is 10.1. The van der Waals surface area contributed by atoms with E-state index in [0.717, 1.165) is 12.5 Å². The standard InChI is InChI=1S/C12H18N4O/c1-8(9-2-3-9)6-15-12(17)10-4-5-14-7-11(10)16-13/h4-5,7-9,16H,2-3,6,13H2,1H3,(H,15,17). The normalized spacial score (nSPS) is 16.4. The van der Waals surface area contributed by atoms with E-state index in [4.69, 9.17) is 5.84 Å². The zero-order chi connectivity index (χ0) is 12.3. The minimum absolute atomic E-state index is 0.104. The monoisotopic (exact) mass is 234 g/mol. The van der Waals surface area contributed by atoms with Gasteiger partial charge in [-0.3, -0.25) is 15.6 Å². The number of carbonyl (C=O) groups excluding carboxylic acids is 1. The van der Waals surface area contributed by atoms with E-state index in [1.807, 2.05) is 0 Å². The molecular formula is C12H18N4O. The van der Waals surface area contributed by atoms with Crippen molar-refractivity contribution in [2.45, 2.75) is 19.8 Å². The summed E-state index contributed by atoms with van der Waals surface area (Å²) in [5.41, 5.74) is 3.55. The number of nitrogens with one attached hydrogen (secondary N) is 2. The second kappa shape index (κ2) is 5.14. The predicted octanol–water partition coefficient (Wildman–Crippen LogP) is 1.14. The molecule has 1 aliphatic rings. The molecule has 5 heteroatoms. The van der Waals surface area contributed by atoms with Crippen LogP contribution >= 0.6 is 0 Å². The first kappa shape index (κ1) is 11.9. The summed E-state index contributed by atoms with van der Waals surface area (Å²) in [5, 5.41) is 2.93. The summed E-state index contributed by atoms with van der Waals surface area (Å²) in [6.07, 6.45) is 5.71. The second-order valence-electron chi connectivity index (χ2n) is 4.59. The maximum Gasteiger partial charge on any atom is 0.253 e. The minimum atomic E-state index is -0.104. The van der Waals surface area contributed by atoms with Gasteiger partial charge in [0, 0.05) is 12.7 Å². The molecule has 5 nitrogen and oxygen atoms in total. The first-order chi connectivity index (χ1) is 8.22. The van der Waals surface area contributed by atoms with Crippen molar-refractivity contribution in [1.29, 1.82) is 0 Å². The smallest absolute Gasteiger partial charge is 0.253 e. The molecule has 0 saturated heterocycles. The van der Waals surface area contributed by atoms with Crippen LogP contribution in [0.3, 0.4) is 0 Å². The molecule has 92 valence electrons. The number of hydrogen-bond acceptors (Lipinski definition) is 4. The average Bonchev–Trinajstić information content (AvgIpc) is 3.19. The Hall–Kier alpha value is -1.62. The highest BCUT2D eigenvalue weighted by Gasteiger charge is 2.28. The fraction of sp³-hybridized carbons (Fsp3) is 0.500. The number of hydrogen-bond donors (Lipinski definition) is 3. The van der Waals surface area contributed by atoms with E-state index >= 15 is 0 Å². The van der Waals surface area contributed by atoms with E-state index < -0.39 is 0 Å². The van der Waals surface area contributed by atoms with Crippen LogP contribution in [0.5, 0.6) is 0 Å². The number of amides is 1. The second-order valence-corrected chi connectivity index (χ2v) is 4.59. The SMILES string of the molecule is CC(CNC(=O)c1ccncc1NN)C1CC1. The molecule has 1 aromatic rings. The fourth-order valence-corrected chi connectivity index (χ4v) is 1.89. The topological polar surface area (TPSA) is 80.0 Å². The van der Waals surface area contributed by atoms with Crippen molar-refractivity contribution in [1.82, 2.24) is 10.3 Å². The number of nitrogens with two attached hydrogens (primary N) is 1. The van der Waals surface area contributed by atoms with E-state index in [1.165, 1.54) is 12.8 Å². The van der Waals surface area contributed by atoms with Crippen LogP contribution in [0, 0.1) is 11.8 Å². The molecule has 0 bridgehead atoms. The summed E-state index contributed by atoms with van der Waals surface area (Å²) >= 11 is 0. The van der Waals surface area contributed by atoms with Gasteiger partial charge in [0.2, 0.25) is 0 Å². The lowest BCUT2D eigenvalue weighted by Gasteiger charge is -2.12. The maximum atomic E-state index is 11.9. The van der Waals surface area contributed by atoms with E-state index in [0.29, 0.717) is 17.2 Å². The molecule has 0 aliphatic heterocycles. The van der Waals surface area contributed by atoms with Gasteiger partial charge in [-0.15, -0.1) is 0 Å². The summed E-state index contributed by atoms with van der Waals surface area (Å²) in [6, 6.07) is 1.66. The van der Waals surface area contributed by atoms with E-state index in [-0.39, 0.29) is 5.91 Å². The molecule has 1 aromatic heterocycles. The van der Waals surface area contributed by atoms with Gasteiger partial charge < -0.3 is 10.7 Å². The van der Waals surface area contributed by atoms with Crippen LogP contribution in [0.4, 0.5) is 5.69 Å². The number of hydrazine groups is 1. The first-order valence-corrected chi connectivity index (χ1v) is 5.91. The number of anilines is 1. The van der Waals surface area contributed by atoms with Gasteiger partial charge in [0.15, 0.2) is 0 Å². The predicted molar refractivity (Wildman–Crippen MR) is 66.3 cm³/mol. The van der Waals surface area contributed by atoms with Crippen molar-refractivity contribution < 1.29 is 4.79 Å². The first-order valence-electron chi connectivity index (χ1n) is 5.91. The van der Waals surface area contributed by atoms with Crippen molar-refractivity contribution in [2.24, 2.45) is 17.7 Å². The third-order valence-corrected chi connectivity index (χ3v) is 3.23. The molecule has 1 atom stereocenters. The molecule has 17 heavy (non-hydrogen) atoms. The molecule has 0 aromatic carbocycles. The Labute approximate surface area is 101 Å². The van der Waals surface area contributed by atoms with E-state index in [9.17, 15) is 4.79 Å². The number of nitrogens with zero attached hydrogens (tertiary/aromatic N) is 1. The lowest BCUT2D eigenvalue weighted by Crippen LogP contribution is -2.30. The average molecular weight is 234 g/mol. The minimum Gasteiger partial charge on any atom is -0.352 e. The highest BCUT2D eigenvalue weighted by atomic mass is 16.1. The van der Waals surface area contributed by atoms with Crippen LogP contribution in [0.2, 0.25) is 0 Å². The van der Waals surface area contributed by atoms with Gasteiger partial charge in [-0.2, -0.15) is 0 Å². The molecule has 1 amide bonds. The van der Waals surface area contributed by atoms with Crippen LogP contribution in [-0.2, 0) is 0 Å². The van der Waals surface area contributed by atoms with Gasteiger partial charge in [-0.1, -0.05) is 6.92 Å². The largest absolute Gasteiger partial charge is 0.352 e.